The fourth-order valence-electron chi connectivity index (χ4n) is 3.86. The van der Waals surface area contributed by atoms with Crippen LogP contribution in [0, 0.1) is 0 Å². The van der Waals surface area contributed by atoms with Gasteiger partial charge in [0, 0.05) is 24.2 Å². The SMILES string of the molecule is COC(=O)CNc1ccc(C2(c3nn4c(c3Cl)NCCC4)CCC2)cc1. The minimum absolute atomic E-state index is 0.107. The molecule has 26 heavy (non-hydrogen) atoms. The Morgan fingerprint density at radius 1 is 1.35 bits per heavy atom. The van der Waals surface area contributed by atoms with Crippen molar-refractivity contribution in [3.63, 3.8) is 0 Å². The van der Waals surface area contributed by atoms with Crippen LogP contribution in [0.4, 0.5) is 11.5 Å². The molecule has 1 aliphatic heterocycles. The Morgan fingerprint density at radius 3 is 2.73 bits per heavy atom. The van der Waals surface area contributed by atoms with Gasteiger partial charge in [-0.05, 0) is 37.0 Å². The average Bonchev–Trinajstić information content (AvgIpc) is 2.97. The number of carbonyl (C=O) groups is 1. The summed E-state index contributed by atoms with van der Waals surface area (Å²) in [5, 5.41) is 12.1. The van der Waals surface area contributed by atoms with E-state index in [4.69, 9.17) is 16.7 Å². The van der Waals surface area contributed by atoms with Gasteiger partial charge in [-0.15, -0.1) is 0 Å². The van der Waals surface area contributed by atoms with E-state index in [1.165, 1.54) is 19.1 Å². The molecular weight excluding hydrogens is 352 g/mol. The molecule has 2 aliphatic rings. The molecule has 6 nitrogen and oxygen atoms in total. The lowest BCUT2D eigenvalue weighted by Crippen LogP contribution is -2.36. The van der Waals surface area contributed by atoms with E-state index in [1.807, 2.05) is 16.8 Å². The van der Waals surface area contributed by atoms with Crippen molar-refractivity contribution in [1.82, 2.24) is 9.78 Å². The van der Waals surface area contributed by atoms with E-state index >= 15 is 0 Å². The van der Waals surface area contributed by atoms with Gasteiger partial charge in [0.15, 0.2) is 0 Å². The number of benzene rings is 1. The second-order valence-corrected chi connectivity index (χ2v) is 7.34. The normalized spacial score (nSPS) is 17.6. The van der Waals surface area contributed by atoms with Crippen molar-refractivity contribution >= 4 is 29.1 Å². The predicted molar refractivity (Wildman–Crippen MR) is 102 cm³/mol. The van der Waals surface area contributed by atoms with Crippen LogP contribution in [0.3, 0.4) is 0 Å². The lowest BCUT2D eigenvalue weighted by atomic mass is 9.62. The molecule has 0 saturated heterocycles. The van der Waals surface area contributed by atoms with E-state index in [-0.39, 0.29) is 17.9 Å². The number of hydrogen-bond donors (Lipinski definition) is 2. The molecule has 2 aromatic rings. The Kier molecular flexibility index (Phi) is 4.53. The zero-order valence-corrected chi connectivity index (χ0v) is 15.6. The number of halogens is 1. The van der Waals surface area contributed by atoms with E-state index in [0.717, 1.165) is 54.6 Å². The number of aromatic nitrogens is 2. The first-order chi connectivity index (χ1) is 12.6. The molecule has 0 unspecified atom stereocenters. The summed E-state index contributed by atoms with van der Waals surface area (Å²) in [6.07, 6.45) is 4.35. The number of aryl methyl sites for hydroxylation is 1. The van der Waals surface area contributed by atoms with Crippen LogP contribution in [-0.4, -0.2) is 35.9 Å². The molecular formula is C19H23ClN4O2. The highest BCUT2D eigenvalue weighted by atomic mass is 35.5. The first-order valence-corrected chi connectivity index (χ1v) is 9.44. The first-order valence-electron chi connectivity index (χ1n) is 9.06. The van der Waals surface area contributed by atoms with E-state index in [2.05, 4.69) is 27.5 Å². The Labute approximate surface area is 157 Å². The minimum atomic E-state index is -0.285. The molecule has 1 aromatic carbocycles. The van der Waals surface area contributed by atoms with Crippen LogP contribution >= 0.6 is 11.6 Å². The third-order valence-electron chi connectivity index (χ3n) is 5.50. The van der Waals surface area contributed by atoms with Crippen LogP contribution < -0.4 is 10.6 Å². The molecule has 138 valence electrons. The van der Waals surface area contributed by atoms with Crippen molar-refractivity contribution in [3.8, 4) is 0 Å². The summed E-state index contributed by atoms with van der Waals surface area (Å²) >= 11 is 6.71. The number of rotatable bonds is 5. The molecule has 2 N–H and O–H groups in total. The van der Waals surface area contributed by atoms with Crippen molar-refractivity contribution in [3.05, 3.63) is 40.5 Å². The Bertz CT molecular complexity index is 812. The fourth-order valence-corrected chi connectivity index (χ4v) is 4.24. The summed E-state index contributed by atoms with van der Waals surface area (Å²) in [7, 11) is 1.39. The average molecular weight is 375 g/mol. The van der Waals surface area contributed by atoms with Crippen LogP contribution in [0.5, 0.6) is 0 Å². The van der Waals surface area contributed by atoms with Gasteiger partial charge in [0.05, 0.1) is 12.8 Å². The summed E-state index contributed by atoms with van der Waals surface area (Å²) in [5.74, 6) is 0.669. The number of anilines is 2. The molecule has 0 spiro atoms. The van der Waals surface area contributed by atoms with E-state index in [0.29, 0.717) is 0 Å². The van der Waals surface area contributed by atoms with Crippen LogP contribution in [0.2, 0.25) is 5.02 Å². The summed E-state index contributed by atoms with van der Waals surface area (Å²) in [5.41, 5.74) is 3.00. The molecule has 0 atom stereocenters. The van der Waals surface area contributed by atoms with Crippen LogP contribution in [0.25, 0.3) is 0 Å². The molecule has 0 bridgehead atoms. The van der Waals surface area contributed by atoms with Crippen molar-refractivity contribution in [1.29, 1.82) is 0 Å². The summed E-state index contributed by atoms with van der Waals surface area (Å²) in [6.45, 7) is 2.01. The molecule has 2 heterocycles. The van der Waals surface area contributed by atoms with Gasteiger partial charge in [-0.1, -0.05) is 30.2 Å². The molecule has 1 fully saturated rings. The molecule has 1 aromatic heterocycles. The number of esters is 1. The van der Waals surface area contributed by atoms with Gasteiger partial charge in [-0.2, -0.15) is 5.10 Å². The van der Waals surface area contributed by atoms with Crippen LogP contribution in [0.1, 0.15) is 36.9 Å². The molecule has 4 rings (SSSR count). The maximum atomic E-state index is 11.3. The van der Waals surface area contributed by atoms with Gasteiger partial charge in [0.2, 0.25) is 0 Å². The van der Waals surface area contributed by atoms with Crippen molar-refractivity contribution in [2.45, 2.75) is 37.6 Å². The number of hydrogen-bond acceptors (Lipinski definition) is 5. The Hall–Kier alpha value is -2.21. The fraction of sp³-hybridized carbons (Fsp3) is 0.474. The molecule has 7 heteroatoms. The monoisotopic (exact) mass is 374 g/mol. The number of carbonyl (C=O) groups excluding carboxylic acids is 1. The van der Waals surface area contributed by atoms with Gasteiger partial charge in [-0.25, -0.2) is 4.68 Å². The number of ether oxygens (including phenoxy) is 1. The number of nitrogens with zero attached hydrogens (tertiary/aromatic N) is 2. The quantitative estimate of drug-likeness (QED) is 0.785. The predicted octanol–water partition coefficient (Wildman–Crippen LogP) is 3.41. The van der Waals surface area contributed by atoms with Gasteiger partial charge < -0.3 is 15.4 Å². The van der Waals surface area contributed by atoms with Crippen molar-refractivity contribution < 1.29 is 9.53 Å². The van der Waals surface area contributed by atoms with Crippen molar-refractivity contribution in [2.75, 3.05) is 30.8 Å². The first kappa shape index (κ1) is 17.2. The second kappa shape index (κ2) is 6.83. The molecule has 1 aliphatic carbocycles. The summed E-state index contributed by atoms with van der Waals surface area (Å²) in [4.78, 5) is 11.3. The number of fused-ring (bicyclic) bond motifs is 1. The van der Waals surface area contributed by atoms with E-state index in [1.54, 1.807) is 0 Å². The van der Waals surface area contributed by atoms with Gasteiger partial charge in [0.1, 0.15) is 17.4 Å². The van der Waals surface area contributed by atoms with Crippen LogP contribution in [0.15, 0.2) is 24.3 Å². The van der Waals surface area contributed by atoms with Gasteiger partial charge in [0.25, 0.3) is 0 Å². The third-order valence-corrected chi connectivity index (χ3v) is 5.85. The topological polar surface area (TPSA) is 68.2 Å². The lowest BCUT2D eigenvalue weighted by Gasteiger charge is -2.41. The molecule has 1 saturated carbocycles. The van der Waals surface area contributed by atoms with Gasteiger partial charge >= 0.3 is 5.97 Å². The highest BCUT2D eigenvalue weighted by Gasteiger charge is 2.45. The maximum absolute atomic E-state index is 11.3. The number of methoxy groups -OCH3 is 1. The second-order valence-electron chi connectivity index (χ2n) is 6.96. The van der Waals surface area contributed by atoms with Crippen LogP contribution in [-0.2, 0) is 21.5 Å². The van der Waals surface area contributed by atoms with E-state index < -0.39 is 0 Å². The molecule has 0 radical (unpaired) electrons. The smallest absolute Gasteiger partial charge is 0.325 e. The third kappa shape index (κ3) is 2.82. The zero-order valence-electron chi connectivity index (χ0n) is 14.8. The van der Waals surface area contributed by atoms with E-state index in [9.17, 15) is 4.79 Å². The van der Waals surface area contributed by atoms with Crippen molar-refractivity contribution in [2.24, 2.45) is 0 Å². The standard InChI is InChI=1S/C19H23ClN4O2/c1-26-15(25)12-22-14-6-4-13(5-7-14)19(8-2-9-19)17-16(20)18-21-10-3-11-24(18)23-17/h4-7,21-22H,2-3,8-12H2,1H3. The highest BCUT2D eigenvalue weighted by Crippen LogP contribution is 2.52. The Morgan fingerprint density at radius 2 is 2.12 bits per heavy atom. The number of nitrogens with one attached hydrogen (secondary N) is 2. The maximum Gasteiger partial charge on any atom is 0.325 e. The minimum Gasteiger partial charge on any atom is -0.468 e. The lowest BCUT2D eigenvalue weighted by molar-refractivity contribution is -0.138. The Balaban J connectivity index is 1.61. The summed E-state index contributed by atoms with van der Waals surface area (Å²) in [6, 6.07) is 8.22. The summed E-state index contributed by atoms with van der Waals surface area (Å²) < 4.78 is 6.66. The zero-order chi connectivity index (χ0) is 18.1. The van der Waals surface area contributed by atoms with Gasteiger partial charge in [-0.3, -0.25) is 4.79 Å². The largest absolute Gasteiger partial charge is 0.468 e. The molecule has 0 amide bonds. The highest BCUT2D eigenvalue weighted by molar-refractivity contribution is 6.33.